The molecule has 1 aromatic carbocycles. The van der Waals surface area contributed by atoms with Gasteiger partial charge in [0.1, 0.15) is 10.8 Å². The van der Waals surface area contributed by atoms with Gasteiger partial charge in [-0.1, -0.05) is 18.2 Å². The predicted molar refractivity (Wildman–Crippen MR) is 73.9 cm³/mol. The van der Waals surface area contributed by atoms with E-state index in [4.69, 9.17) is 9.84 Å². The lowest BCUT2D eigenvalue weighted by Crippen LogP contribution is -2.03. The molecule has 0 fully saturated rings. The number of aromatic carboxylic acids is 1. The molecule has 0 aliphatic rings. The van der Waals surface area contributed by atoms with Crippen molar-refractivity contribution in [3.63, 3.8) is 0 Å². The third-order valence-electron chi connectivity index (χ3n) is 2.34. The largest absolute Gasteiger partial charge is 0.493 e. The number of rotatable bonds is 6. The molecule has 0 spiro atoms. The van der Waals surface area contributed by atoms with Crippen LogP contribution in [-0.4, -0.2) is 28.4 Å². The number of thioether (sulfide) groups is 1. The average Bonchev–Trinajstić information content (AvgIpc) is 2.45. The smallest absolute Gasteiger partial charge is 0.338 e. The molecule has 1 aromatic heterocycles. The number of hydrogen-bond donors (Lipinski definition) is 1. The van der Waals surface area contributed by atoms with Crippen LogP contribution in [0.2, 0.25) is 0 Å². The standard InChI is InChI=1S/C14H13NO3S/c16-14(17)12-7-4-8-15-13(12)19-10-9-18-11-5-2-1-3-6-11/h1-8H,9-10H2,(H,16,17). The fraction of sp³-hybridized carbons (Fsp3) is 0.143. The molecule has 2 aromatic rings. The van der Waals surface area contributed by atoms with Gasteiger partial charge in [0.2, 0.25) is 0 Å². The van der Waals surface area contributed by atoms with E-state index < -0.39 is 5.97 Å². The first kappa shape index (κ1) is 13.4. The van der Waals surface area contributed by atoms with Gasteiger partial charge in [0.25, 0.3) is 0 Å². The quantitative estimate of drug-likeness (QED) is 0.648. The second-order valence-corrected chi connectivity index (χ2v) is 4.75. The minimum atomic E-state index is -0.959. The fourth-order valence-corrected chi connectivity index (χ4v) is 2.29. The van der Waals surface area contributed by atoms with Gasteiger partial charge < -0.3 is 9.84 Å². The third kappa shape index (κ3) is 3.99. The van der Waals surface area contributed by atoms with E-state index in [2.05, 4.69) is 4.98 Å². The summed E-state index contributed by atoms with van der Waals surface area (Å²) < 4.78 is 5.53. The maximum absolute atomic E-state index is 11.0. The van der Waals surface area contributed by atoms with Crippen molar-refractivity contribution >= 4 is 17.7 Å². The zero-order valence-electron chi connectivity index (χ0n) is 10.2. The second-order valence-electron chi connectivity index (χ2n) is 3.67. The van der Waals surface area contributed by atoms with E-state index in [1.165, 1.54) is 11.8 Å². The summed E-state index contributed by atoms with van der Waals surface area (Å²) in [6.07, 6.45) is 1.59. The minimum Gasteiger partial charge on any atom is -0.493 e. The highest BCUT2D eigenvalue weighted by Gasteiger charge is 2.10. The predicted octanol–water partition coefficient (Wildman–Crippen LogP) is 2.95. The van der Waals surface area contributed by atoms with Crippen molar-refractivity contribution in [1.29, 1.82) is 0 Å². The summed E-state index contributed by atoms with van der Waals surface area (Å²) >= 11 is 1.38. The lowest BCUT2D eigenvalue weighted by Gasteiger charge is -2.06. The van der Waals surface area contributed by atoms with Crippen molar-refractivity contribution in [3.05, 3.63) is 54.2 Å². The molecule has 5 heteroatoms. The summed E-state index contributed by atoms with van der Waals surface area (Å²) in [5, 5.41) is 9.54. The second kappa shape index (κ2) is 6.80. The normalized spacial score (nSPS) is 10.1. The first-order chi connectivity index (χ1) is 9.27. The maximum atomic E-state index is 11.0. The maximum Gasteiger partial charge on any atom is 0.338 e. The molecule has 0 atom stereocenters. The number of ether oxygens (including phenoxy) is 1. The van der Waals surface area contributed by atoms with Crippen LogP contribution < -0.4 is 4.74 Å². The van der Waals surface area contributed by atoms with Crippen LogP contribution in [0, 0.1) is 0 Å². The van der Waals surface area contributed by atoms with Gasteiger partial charge in [-0.3, -0.25) is 0 Å². The number of benzene rings is 1. The average molecular weight is 275 g/mol. The van der Waals surface area contributed by atoms with Gasteiger partial charge in [0.05, 0.1) is 12.2 Å². The van der Waals surface area contributed by atoms with E-state index in [1.807, 2.05) is 30.3 Å². The van der Waals surface area contributed by atoms with Gasteiger partial charge in [-0.15, -0.1) is 11.8 Å². The van der Waals surface area contributed by atoms with Gasteiger partial charge in [0, 0.05) is 11.9 Å². The number of aromatic nitrogens is 1. The Hall–Kier alpha value is -2.01. The number of para-hydroxylation sites is 1. The van der Waals surface area contributed by atoms with Crippen LogP contribution in [0.5, 0.6) is 5.75 Å². The molecular weight excluding hydrogens is 262 g/mol. The Kier molecular flexibility index (Phi) is 4.80. The Labute approximate surface area is 115 Å². The van der Waals surface area contributed by atoms with Crippen LogP contribution in [0.25, 0.3) is 0 Å². The van der Waals surface area contributed by atoms with Gasteiger partial charge in [-0.25, -0.2) is 9.78 Å². The Balaban J connectivity index is 1.85. The summed E-state index contributed by atoms with van der Waals surface area (Å²) in [5.74, 6) is 0.494. The van der Waals surface area contributed by atoms with Crippen molar-refractivity contribution in [1.82, 2.24) is 4.98 Å². The van der Waals surface area contributed by atoms with Crippen LogP contribution in [0.15, 0.2) is 53.7 Å². The molecule has 0 radical (unpaired) electrons. The summed E-state index contributed by atoms with van der Waals surface area (Å²) in [6.45, 7) is 0.504. The molecular formula is C14H13NO3S. The van der Waals surface area contributed by atoms with Crippen molar-refractivity contribution in [2.75, 3.05) is 12.4 Å². The number of pyridine rings is 1. The highest BCUT2D eigenvalue weighted by molar-refractivity contribution is 7.99. The number of carbonyl (C=O) groups is 1. The van der Waals surface area contributed by atoms with E-state index in [9.17, 15) is 4.79 Å². The molecule has 0 aliphatic heterocycles. The first-order valence-corrected chi connectivity index (χ1v) is 6.75. The molecule has 0 saturated heterocycles. The fourth-order valence-electron chi connectivity index (χ4n) is 1.48. The molecule has 19 heavy (non-hydrogen) atoms. The lowest BCUT2D eigenvalue weighted by molar-refractivity contribution is 0.0692. The van der Waals surface area contributed by atoms with Crippen molar-refractivity contribution in [2.45, 2.75) is 5.03 Å². The first-order valence-electron chi connectivity index (χ1n) is 5.76. The molecule has 2 rings (SSSR count). The lowest BCUT2D eigenvalue weighted by atomic mass is 10.3. The van der Waals surface area contributed by atoms with E-state index in [1.54, 1.807) is 18.3 Å². The minimum absolute atomic E-state index is 0.229. The monoisotopic (exact) mass is 275 g/mol. The zero-order valence-corrected chi connectivity index (χ0v) is 11.0. The molecule has 98 valence electrons. The van der Waals surface area contributed by atoms with E-state index in [-0.39, 0.29) is 5.56 Å². The molecule has 4 nitrogen and oxygen atoms in total. The molecule has 0 saturated carbocycles. The van der Waals surface area contributed by atoms with Gasteiger partial charge in [0.15, 0.2) is 0 Å². The van der Waals surface area contributed by atoms with Crippen LogP contribution in [-0.2, 0) is 0 Å². The molecule has 0 unspecified atom stereocenters. The van der Waals surface area contributed by atoms with Gasteiger partial charge >= 0.3 is 5.97 Å². The van der Waals surface area contributed by atoms with Gasteiger partial charge in [-0.2, -0.15) is 0 Å². The zero-order chi connectivity index (χ0) is 13.5. The Morgan fingerprint density at radius 3 is 2.74 bits per heavy atom. The van der Waals surface area contributed by atoms with Crippen LogP contribution in [0.1, 0.15) is 10.4 Å². The number of carboxylic acid groups (broad SMARTS) is 1. The van der Waals surface area contributed by atoms with E-state index in [0.717, 1.165) is 5.75 Å². The highest BCUT2D eigenvalue weighted by Crippen LogP contribution is 2.20. The molecule has 0 bridgehead atoms. The molecule has 0 aliphatic carbocycles. The number of nitrogens with zero attached hydrogens (tertiary/aromatic N) is 1. The number of hydrogen-bond acceptors (Lipinski definition) is 4. The topological polar surface area (TPSA) is 59.4 Å². The molecule has 1 heterocycles. The molecule has 0 amide bonds. The summed E-state index contributed by atoms with van der Waals surface area (Å²) in [5.41, 5.74) is 0.229. The number of carboxylic acids is 1. The van der Waals surface area contributed by atoms with E-state index in [0.29, 0.717) is 17.4 Å². The van der Waals surface area contributed by atoms with Crippen LogP contribution >= 0.6 is 11.8 Å². The van der Waals surface area contributed by atoms with Crippen molar-refractivity contribution in [2.24, 2.45) is 0 Å². The van der Waals surface area contributed by atoms with E-state index >= 15 is 0 Å². The van der Waals surface area contributed by atoms with Crippen molar-refractivity contribution in [3.8, 4) is 5.75 Å². The Morgan fingerprint density at radius 2 is 2.00 bits per heavy atom. The Bertz CT molecular complexity index is 545. The third-order valence-corrected chi connectivity index (χ3v) is 3.31. The molecule has 1 N–H and O–H groups in total. The Morgan fingerprint density at radius 1 is 1.21 bits per heavy atom. The van der Waals surface area contributed by atoms with Crippen LogP contribution in [0.3, 0.4) is 0 Å². The van der Waals surface area contributed by atoms with Crippen LogP contribution in [0.4, 0.5) is 0 Å². The summed E-state index contributed by atoms with van der Waals surface area (Å²) in [7, 11) is 0. The highest BCUT2D eigenvalue weighted by atomic mass is 32.2. The SMILES string of the molecule is O=C(O)c1cccnc1SCCOc1ccccc1. The van der Waals surface area contributed by atoms with Crippen molar-refractivity contribution < 1.29 is 14.6 Å². The summed E-state index contributed by atoms with van der Waals surface area (Å²) in [4.78, 5) is 15.1. The van der Waals surface area contributed by atoms with Gasteiger partial charge in [-0.05, 0) is 24.3 Å². The summed E-state index contributed by atoms with van der Waals surface area (Å²) in [6, 6.07) is 12.7.